The minimum atomic E-state index is -1.06. The summed E-state index contributed by atoms with van der Waals surface area (Å²) in [5, 5.41) is 5.32. The summed E-state index contributed by atoms with van der Waals surface area (Å²) in [4.78, 5) is 52.5. The fraction of sp³-hybridized carbons (Fsp3) is 0.688. The Hall–Kier alpha value is -2.29. The predicted octanol–water partition coefficient (Wildman–Crippen LogP) is -0.356. The van der Waals surface area contributed by atoms with Crippen LogP contribution in [0.4, 0.5) is 4.79 Å². The second-order valence-electron chi connectivity index (χ2n) is 6.24. The van der Waals surface area contributed by atoms with Gasteiger partial charge in [0.15, 0.2) is 0 Å². The van der Waals surface area contributed by atoms with Crippen LogP contribution in [0.25, 0.3) is 0 Å². The number of amides is 4. The topological polar surface area (TPSA) is 117 Å². The van der Waals surface area contributed by atoms with Crippen molar-refractivity contribution in [3.63, 3.8) is 0 Å². The van der Waals surface area contributed by atoms with Crippen LogP contribution in [0.5, 0.6) is 0 Å². The third kappa shape index (κ3) is 4.85. The lowest BCUT2D eigenvalue weighted by molar-refractivity contribution is -0.137. The Morgan fingerprint density at radius 1 is 1.08 bits per heavy atom. The zero-order chi connectivity index (χ0) is 18.3. The molecule has 0 aromatic rings. The van der Waals surface area contributed by atoms with Gasteiger partial charge >= 0.3 is 11.9 Å². The Morgan fingerprint density at radius 2 is 1.72 bits per heavy atom. The summed E-state index contributed by atoms with van der Waals surface area (Å²) in [6.45, 7) is 4.43. The van der Waals surface area contributed by atoms with Gasteiger partial charge in [0.1, 0.15) is 5.54 Å². The first kappa shape index (κ1) is 19.0. The van der Waals surface area contributed by atoms with Gasteiger partial charge in [0.2, 0.25) is 11.7 Å². The summed E-state index contributed by atoms with van der Waals surface area (Å²) >= 11 is 0. The number of urea groups is 1. The first-order chi connectivity index (χ1) is 12.0. The van der Waals surface area contributed by atoms with Crippen LogP contribution in [0, 0.1) is 0 Å². The molecule has 1 aliphatic heterocycles. The molecule has 25 heavy (non-hydrogen) atoms. The van der Waals surface area contributed by atoms with Gasteiger partial charge in [-0.3, -0.25) is 14.4 Å². The molecule has 2 N–H and O–H groups in total. The fourth-order valence-electron chi connectivity index (χ4n) is 3.11. The summed E-state index contributed by atoms with van der Waals surface area (Å²) in [6.07, 6.45) is 3.59. The van der Waals surface area contributed by atoms with E-state index in [0.717, 1.165) is 19.3 Å². The van der Waals surface area contributed by atoms with Gasteiger partial charge in [0.25, 0.3) is 0 Å². The smallest absolute Gasteiger partial charge is 0.318 e. The van der Waals surface area contributed by atoms with Crippen molar-refractivity contribution in [3.05, 3.63) is 0 Å². The normalized spacial score (nSPS) is 19.6. The van der Waals surface area contributed by atoms with E-state index in [0.29, 0.717) is 39.1 Å². The average molecular weight is 352 g/mol. The van der Waals surface area contributed by atoms with E-state index in [-0.39, 0.29) is 6.03 Å². The summed E-state index contributed by atoms with van der Waals surface area (Å²) < 4.78 is 5.23. The van der Waals surface area contributed by atoms with E-state index >= 15 is 0 Å². The summed E-state index contributed by atoms with van der Waals surface area (Å²) in [5.41, 5.74) is -1.06. The highest BCUT2D eigenvalue weighted by Gasteiger charge is 2.42. The zero-order valence-corrected chi connectivity index (χ0v) is 14.2. The van der Waals surface area contributed by atoms with Crippen LogP contribution in [0.15, 0.2) is 4.99 Å². The van der Waals surface area contributed by atoms with Gasteiger partial charge in [-0.1, -0.05) is 19.3 Å². The van der Waals surface area contributed by atoms with Crippen molar-refractivity contribution in [2.75, 3.05) is 32.8 Å². The van der Waals surface area contributed by atoms with E-state index in [9.17, 15) is 19.2 Å². The number of hydrogen-bond donors (Lipinski definition) is 2. The second-order valence-corrected chi connectivity index (χ2v) is 6.24. The summed E-state index contributed by atoms with van der Waals surface area (Å²) in [5.74, 6) is -2.27. The molecule has 1 aliphatic carbocycles. The maximum Gasteiger partial charge on any atom is 0.318 e. The highest BCUT2D eigenvalue weighted by atomic mass is 16.5. The first-order valence-electron chi connectivity index (χ1n) is 8.45. The number of carbonyl (C=O) groups excluding carboxylic acids is 4. The van der Waals surface area contributed by atoms with E-state index in [1.807, 2.05) is 0 Å². The quantitative estimate of drug-likeness (QED) is 0.518. The molecule has 0 aromatic carbocycles. The van der Waals surface area contributed by atoms with E-state index < -0.39 is 29.7 Å². The van der Waals surface area contributed by atoms with Crippen molar-refractivity contribution in [2.45, 2.75) is 37.6 Å². The predicted molar refractivity (Wildman–Crippen MR) is 89.3 cm³/mol. The van der Waals surface area contributed by atoms with Gasteiger partial charge in [-0.2, -0.15) is 0 Å². The molecule has 0 unspecified atom stereocenters. The molecule has 138 valence electrons. The molecule has 1 saturated carbocycles. The lowest BCUT2D eigenvalue weighted by Gasteiger charge is -2.38. The number of ether oxygens (including phenoxy) is 1. The van der Waals surface area contributed by atoms with E-state index in [4.69, 9.17) is 4.74 Å². The molecule has 2 rings (SSSR count). The molecule has 0 atom stereocenters. The van der Waals surface area contributed by atoms with E-state index in [2.05, 4.69) is 22.3 Å². The zero-order valence-electron chi connectivity index (χ0n) is 14.2. The molecular formula is C16H24N4O5. The second kappa shape index (κ2) is 8.70. The Balaban J connectivity index is 2.01. The molecule has 2 aliphatic rings. The molecule has 2 fully saturated rings. The minimum absolute atomic E-state index is 0.310. The number of morpholine rings is 1. The SMILES string of the molecule is C=NC(=O)C(=O)CNC(=O)C1(NC(=O)N2CCOCC2)CCCCC1. The van der Waals surface area contributed by atoms with Crippen molar-refractivity contribution in [2.24, 2.45) is 4.99 Å². The maximum atomic E-state index is 12.7. The average Bonchev–Trinajstić information content (AvgIpc) is 2.66. The van der Waals surface area contributed by atoms with Gasteiger partial charge in [0.05, 0.1) is 19.8 Å². The molecule has 0 spiro atoms. The van der Waals surface area contributed by atoms with E-state index in [1.54, 1.807) is 4.90 Å². The minimum Gasteiger partial charge on any atom is -0.378 e. The maximum absolute atomic E-state index is 12.7. The molecule has 0 radical (unpaired) electrons. The van der Waals surface area contributed by atoms with E-state index in [1.165, 1.54) is 0 Å². The molecule has 4 amide bonds. The fourth-order valence-corrected chi connectivity index (χ4v) is 3.11. The van der Waals surface area contributed by atoms with Gasteiger partial charge < -0.3 is 20.3 Å². The first-order valence-corrected chi connectivity index (χ1v) is 8.45. The third-order valence-corrected chi connectivity index (χ3v) is 4.58. The van der Waals surface area contributed by atoms with Crippen LogP contribution >= 0.6 is 0 Å². The monoisotopic (exact) mass is 352 g/mol. The van der Waals surface area contributed by atoms with Crippen molar-refractivity contribution in [1.82, 2.24) is 15.5 Å². The number of aliphatic imine (C=N–C) groups is 1. The Labute approximate surface area is 146 Å². The van der Waals surface area contributed by atoms with Crippen LogP contribution in [-0.2, 0) is 19.1 Å². The van der Waals surface area contributed by atoms with Crippen molar-refractivity contribution >= 4 is 30.3 Å². The molecule has 1 heterocycles. The lowest BCUT2D eigenvalue weighted by Crippen LogP contribution is -2.63. The molecule has 9 heteroatoms. The standard InChI is InChI=1S/C16H24N4O5/c1-17-13(22)12(21)11-18-14(23)16(5-3-2-4-6-16)19-15(24)20-7-9-25-10-8-20/h1-11H2,(H,18,23)(H,19,24). The van der Waals surface area contributed by atoms with Crippen molar-refractivity contribution in [3.8, 4) is 0 Å². The number of Topliss-reactive ketones (excluding diaryl/α,β-unsaturated/α-hetero) is 1. The molecule has 0 aromatic heterocycles. The molecular weight excluding hydrogens is 328 g/mol. The summed E-state index contributed by atoms with van der Waals surface area (Å²) in [6, 6.07) is -0.310. The number of nitrogens with zero attached hydrogens (tertiary/aromatic N) is 2. The van der Waals surface area contributed by atoms with Crippen LogP contribution in [0.3, 0.4) is 0 Å². The van der Waals surface area contributed by atoms with Crippen LogP contribution in [0.2, 0.25) is 0 Å². The van der Waals surface area contributed by atoms with Crippen LogP contribution in [0.1, 0.15) is 32.1 Å². The van der Waals surface area contributed by atoms with Crippen molar-refractivity contribution in [1.29, 1.82) is 0 Å². The highest BCUT2D eigenvalue weighted by molar-refractivity contribution is 6.38. The van der Waals surface area contributed by atoms with Gasteiger partial charge in [0, 0.05) is 13.1 Å². The van der Waals surface area contributed by atoms with Gasteiger partial charge in [-0.05, 0) is 19.6 Å². The number of ketones is 1. The third-order valence-electron chi connectivity index (χ3n) is 4.58. The van der Waals surface area contributed by atoms with Gasteiger partial charge in [-0.15, -0.1) is 0 Å². The lowest BCUT2D eigenvalue weighted by atomic mass is 9.81. The number of carbonyl (C=O) groups is 4. The largest absolute Gasteiger partial charge is 0.378 e. The van der Waals surface area contributed by atoms with Crippen molar-refractivity contribution < 1.29 is 23.9 Å². The molecule has 1 saturated heterocycles. The molecule has 0 bridgehead atoms. The Bertz CT molecular complexity index is 551. The number of nitrogens with one attached hydrogen (secondary N) is 2. The van der Waals surface area contributed by atoms with Crippen LogP contribution in [-0.4, -0.2) is 73.6 Å². The molecule has 9 nitrogen and oxygen atoms in total. The highest BCUT2D eigenvalue weighted by Crippen LogP contribution is 2.28. The van der Waals surface area contributed by atoms with Crippen LogP contribution < -0.4 is 10.6 Å². The summed E-state index contributed by atoms with van der Waals surface area (Å²) in [7, 11) is 0. The Kier molecular flexibility index (Phi) is 6.63. The Morgan fingerprint density at radius 3 is 2.32 bits per heavy atom. The van der Waals surface area contributed by atoms with Gasteiger partial charge in [-0.25, -0.2) is 9.79 Å². The number of rotatable bonds is 5. The number of hydrogen-bond acceptors (Lipinski definition) is 5.